The first-order chi connectivity index (χ1) is 23.2. The first-order valence-corrected chi connectivity index (χ1v) is 16.1. The van der Waals surface area contributed by atoms with Crippen LogP contribution >= 0.6 is 11.6 Å². The molecule has 0 bridgehead atoms. The van der Waals surface area contributed by atoms with Crippen LogP contribution in [0.1, 0.15) is 81.2 Å². The van der Waals surface area contributed by atoms with Gasteiger partial charge in [-0.3, -0.25) is 0 Å². The van der Waals surface area contributed by atoms with Crippen LogP contribution in [-0.2, 0) is 32.0 Å². The average Bonchev–Trinajstić information content (AvgIpc) is 3.71. The number of carbonyl (C=O) groups is 2. The van der Waals surface area contributed by atoms with Crippen LogP contribution in [-0.4, -0.2) is 66.4 Å². The van der Waals surface area contributed by atoms with Crippen LogP contribution < -0.4 is 0 Å². The number of carbonyl (C=O) groups excluding carboxylic acids is 2. The topological polar surface area (TPSA) is 186 Å². The highest BCUT2D eigenvalue weighted by Crippen LogP contribution is 2.30. The largest absolute Gasteiger partial charge is 0.511 e. The predicted octanol–water partition coefficient (Wildman–Crippen LogP) is 6.59. The van der Waals surface area contributed by atoms with E-state index in [-0.39, 0.29) is 17.5 Å². The Labute approximate surface area is 282 Å². The van der Waals surface area contributed by atoms with Gasteiger partial charge in [0.05, 0.1) is 6.61 Å². The number of nitrogens with one attached hydrogen (secondary N) is 1. The summed E-state index contributed by atoms with van der Waals surface area (Å²) in [5.41, 5.74) is 3.64. The summed E-state index contributed by atoms with van der Waals surface area (Å²) < 4.78 is 17.3. The van der Waals surface area contributed by atoms with E-state index in [4.69, 9.17) is 25.8 Å². The van der Waals surface area contributed by atoms with Crippen molar-refractivity contribution in [3.63, 3.8) is 0 Å². The molecule has 0 aliphatic rings. The Bertz CT molecular complexity index is 1650. The van der Waals surface area contributed by atoms with Gasteiger partial charge in [0.2, 0.25) is 12.1 Å². The van der Waals surface area contributed by atoms with E-state index < -0.39 is 29.6 Å². The zero-order valence-corrected chi connectivity index (χ0v) is 27.7. The Morgan fingerprint density at radius 1 is 1.04 bits per heavy atom. The van der Waals surface area contributed by atoms with Gasteiger partial charge < -0.3 is 23.6 Å². The lowest BCUT2D eigenvalue weighted by Gasteiger charge is -2.16. The number of halogens is 1. The number of aromatic amines is 1. The Morgan fingerprint density at radius 3 is 2.46 bits per heavy atom. The molecule has 2 aromatic heterocycles. The molecule has 0 aliphatic heterocycles. The maximum Gasteiger partial charge on any atom is 0.511 e. The number of ether oxygens (including phenoxy) is 3. The van der Waals surface area contributed by atoms with Gasteiger partial charge >= 0.3 is 12.1 Å². The van der Waals surface area contributed by atoms with Gasteiger partial charge in [-0.15, -0.1) is 20.3 Å². The summed E-state index contributed by atoms with van der Waals surface area (Å²) in [5.74, 6) is 0.306. The third-order valence-corrected chi connectivity index (χ3v) is 7.70. The smallest absolute Gasteiger partial charge is 0.434 e. The van der Waals surface area contributed by atoms with E-state index in [0.29, 0.717) is 50.3 Å². The number of benzene rings is 2. The van der Waals surface area contributed by atoms with E-state index in [1.165, 1.54) is 6.92 Å². The normalized spacial score (nSPS) is 12.2. The molecule has 1 N–H and O–H groups in total. The van der Waals surface area contributed by atoms with Crippen LogP contribution in [0.4, 0.5) is 4.79 Å². The molecule has 4 rings (SSSR count). The molecule has 2 aromatic carbocycles. The first kappa shape index (κ1) is 35.8. The highest BCUT2D eigenvalue weighted by Gasteiger charge is 2.26. The van der Waals surface area contributed by atoms with Gasteiger partial charge in [-0.2, -0.15) is 5.21 Å². The molecule has 0 amide bonds. The van der Waals surface area contributed by atoms with Crippen molar-refractivity contribution in [2.45, 2.75) is 84.7 Å². The highest BCUT2D eigenvalue weighted by molar-refractivity contribution is 6.32. The molecule has 15 nitrogen and oxygen atoms in total. The zero-order valence-electron chi connectivity index (χ0n) is 27.0. The molecule has 4 aromatic rings. The molecule has 256 valence electrons. The van der Waals surface area contributed by atoms with Crippen molar-refractivity contribution < 1.29 is 33.7 Å². The Morgan fingerprint density at radius 2 is 1.79 bits per heavy atom. The molecule has 0 saturated carbocycles. The van der Waals surface area contributed by atoms with Crippen LogP contribution in [0.25, 0.3) is 22.5 Å². The van der Waals surface area contributed by atoms with E-state index in [2.05, 4.69) is 37.4 Å². The molecule has 2 atom stereocenters. The molecule has 0 fully saturated rings. The van der Waals surface area contributed by atoms with Crippen molar-refractivity contribution in [2.75, 3.05) is 6.61 Å². The van der Waals surface area contributed by atoms with Crippen LogP contribution in [0.2, 0.25) is 5.15 Å². The lowest BCUT2D eigenvalue weighted by atomic mass is 9.98. The number of aromatic nitrogens is 6. The third kappa shape index (κ3) is 9.97. The van der Waals surface area contributed by atoms with E-state index in [0.717, 1.165) is 35.1 Å². The summed E-state index contributed by atoms with van der Waals surface area (Å²) in [6.07, 6.45) is 1.45. The SMILES string of the molecule is CCCCc1nc(Cl)c(C(=O)OC(C)OC(=O)OCCCC[C@H](CC)O[N+](=O)[O-])n1Cc1ccc(-c2ccccc2-c2nn[nH]n2)cc1. The van der Waals surface area contributed by atoms with Gasteiger partial charge in [0, 0.05) is 25.5 Å². The summed E-state index contributed by atoms with van der Waals surface area (Å²) in [7, 11) is 0. The molecule has 0 aliphatic carbocycles. The molecule has 1 unspecified atom stereocenters. The molecular formula is C32H38ClN7O8. The van der Waals surface area contributed by atoms with E-state index in [1.54, 1.807) is 11.5 Å². The minimum atomic E-state index is -1.28. The Hall–Kier alpha value is -5.05. The number of unbranched alkanes of at least 4 members (excludes halogenated alkanes) is 2. The Kier molecular flexibility index (Phi) is 13.2. The quantitative estimate of drug-likeness (QED) is 0.0390. The van der Waals surface area contributed by atoms with Gasteiger partial charge in [0.25, 0.3) is 5.09 Å². The standard InChI is InChI=1S/C32H38ClN7O8/c1-4-6-14-27-34-29(33)28(31(41)46-21(3)47-32(42)45-19-10-9-11-24(5-2)48-40(43)44)39(27)20-22-15-17-23(18-16-22)25-12-7-8-13-26(25)30-35-37-38-36-30/h7-8,12-13,15-18,21,24H,4-6,9-11,14,19-20H2,1-3H3,(H,35,36,37,38)/t21?,24-/m0/s1. The maximum absolute atomic E-state index is 13.3. The van der Waals surface area contributed by atoms with Crippen LogP contribution in [0.15, 0.2) is 48.5 Å². The molecule has 16 heteroatoms. The lowest BCUT2D eigenvalue weighted by Crippen LogP contribution is -2.24. The molecule has 48 heavy (non-hydrogen) atoms. The van der Waals surface area contributed by atoms with Crippen LogP contribution in [0.3, 0.4) is 0 Å². The summed E-state index contributed by atoms with van der Waals surface area (Å²) in [5, 5.41) is 24.1. The number of aryl methyl sites for hydroxylation is 1. The van der Waals surface area contributed by atoms with Crippen molar-refractivity contribution >= 4 is 23.7 Å². The number of hydrogen-bond acceptors (Lipinski definition) is 12. The fourth-order valence-corrected chi connectivity index (χ4v) is 5.30. The number of esters is 1. The maximum atomic E-state index is 13.3. The summed E-state index contributed by atoms with van der Waals surface area (Å²) in [4.78, 5) is 45.1. The van der Waals surface area contributed by atoms with Crippen LogP contribution in [0.5, 0.6) is 0 Å². The molecule has 0 spiro atoms. The number of H-pyrrole nitrogens is 1. The molecule has 0 saturated heterocycles. The fourth-order valence-electron chi connectivity index (χ4n) is 5.02. The number of hydrogen-bond donors (Lipinski definition) is 1. The lowest BCUT2D eigenvalue weighted by molar-refractivity contribution is -0.768. The van der Waals surface area contributed by atoms with Gasteiger partial charge in [-0.25, -0.2) is 14.6 Å². The number of nitrogens with zero attached hydrogens (tertiary/aromatic N) is 6. The predicted molar refractivity (Wildman–Crippen MR) is 173 cm³/mol. The second kappa shape index (κ2) is 17.8. The minimum absolute atomic E-state index is 0.0158. The van der Waals surface area contributed by atoms with Gasteiger partial charge in [0.15, 0.2) is 10.8 Å². The molecule has 0 radical (unpaired) electrons. The average molecular weight is 684 g/mol. The third-order valence-electron chi connectivity index (χ3n) is 7.44. The Balaban J connectivity index is 1.39. The summed E-state index contributed by atoms with van der Waals surface area (Å²) >= 11 is 6.48. The monoisotopic (exact) mass is 683 g/mol. The number of tetrazole rings is 1. The molecule has 2 heterocycles. The second-order valence-electron chi connectivity index (χ2n) is 10.9. The van der Waals surface area contributed by atoms with Gasteiger partial charge in [-0.05, 0) is 54.0 Å². The van der Waals surface area contributed by atoms with Gasteiger partial charge in [-0.1, -0.05) is 80.4 Å². The van der Waals surface area contributed by atoms with Crippen molar-refractivity contribution in [2.24, 2.45) is 0 Å². The zero-order chi connectivity index (χ0) is 34.5. The van der Waals surface area contributed by atoms with Crippen molar-refractivity contribution in [3.8, 4) is 22.5 Å². The van der Waals surface area contributed by atoms with Crippen LogP contribution in [0, 0.1) is 10.1 Å². The van der Waals surface area contributed by atoms with Crippen molar-refractivity contribution in [1.29, 1.82) is 0 Å². The summed E-state index contributed by atoms with van der Waals surface area (Å²) in [6, 6.07) is 15.6. The first-order valence-electron chi connectivity index (χ1n) is 15.7. The number of imidazole rings is 1. The van der Waals surface area contributed by atoms with Gasteiger partial charge in [0.1, 0.15) is 11.9 Å². The van der Waals surface area contributed by atoms with E-state index in [1.807, 2.05) is 48.5 Å². The fraction of sp³-hybridized carbons (Fsp3) is 0.438. The second-order valence-corrected chi connectivity index (χ2v) is 11.2. The van der Waals surface area contributed by atoms with E-state index in [9.17, 15) is 19.7 Å². The van der Waals surface area contributed by atoms with Crippen molar-refractivity contribution in [3.05, 3.63) is 80.9 Å². The van der Waals surface area contributed by atoms with Crippen molar-refractivity contribution in [1.82, 2.24) is 30.2 Å². The van der Waals surface area contributed by atoms with E-state index >= 15 is 0 Å². The minimum Gasteiger partial charge on any atom is -0.434 e. The summed E-state index contributed by atoms with van der Waals surface area (Å²) in [6.45, 7) is 5.54. The molecular weight excluding hydrogens is 646 g/mol. The highest BCUT2D eigenvalue weighted by atomic mass is 35.5. The number of rotatable bonds is 18.